The summed E-state index contributed by atoms with van der Waals surface area (Å²) in [4.78, 5) is 43.5. The van der Waals surface area contributed by atoms with E-state index in [0.717, 1.165) is 22.1 Å². The Hall–Kier alpha value is -3.47. The minimum atomic E-state index is -1.93. The zero-order chi connectivity index (χ0) is 27.6. The molecule has 2 aromatic heterocycles. The van der Waals surface area contributed by atoms with Crippen LogP contribution in [0.15, 0.2) is 16.9 Å². The highest BCUT2D eigenvalue weighted by atomic mass is 19.1. The third-order valence-electron chi connectivity index (χ3n) is 8.58. The smallest absolute Gasteiger partial charge is 0.343 e. The van der Waals surface area contributed by atoms with Crippen LogP contribution in [0.5, 0.6) is 0 Å². The molecule has 0 fully saturated rings. The molecule has 0 saturated heterocycles. The number of nitrogens with one attached hydrogen (secondary N) is 1. The fourth-order valence-electron chi connectivity index (χ4n) is 6.38. The predicted octanol–water partition coefficient (Wildman–Crippen LogP) is 2.41. The lowest BCUT2D eigenvalue weighted by molar-refractivity contribution is -0.172. The minimum Gasteiger partial charge on any atom is -0.458 e. The van der Waals surface area contributed by atoms with E-state index in [1.165, 1.54) is 6.07 Å². The molecule has 4 heterocycles. The normalized spacial score (nSPS) is 20.9. The highest BCUT2D eigenvalue weighted by molar-refractivity contribution is 5.93. The number of hydrogen-bond acceptors (Lipinski definition) is 8. The molecular formula is C29H31FN4O5. The standard InChI is InChI=1S/C29H31FN4O5/c1-3-29(38)19-9-23-26-17(12-34(23)27(36)18(19)13-39-28(29)37)25-21(32-11-15(35)5-4-8-31)7-6-16-14(2)20(30)10-22(33-26)24(16)25/h9-10,21,32,38H,3-8,11-13,31H2,1-2H3/t21-,29-/m0/s1. The summed E-state index contributed by atoms with van der Waals surface area (Å²) in [6.45, 7) is 4.08. The average Bonchev–Trinajstić information content (AvgIpc) is 3.30. The van der Waals surface area contributed by atoms with E-state index >= 15 is 0 Å². The van der Waals surface area contributed by atoms with Gasteiger partial charge in [0.1, 0.15) is 18.2 Å². The van der Waals surface area contributed by atoms with Crippen molar-refractivity contribution in [1.82, 2.24) is 14.9 Å². The Morgan fingerprint density at radius 1 is 1.31 bits per heavy atom. The number of cyclic esters (lactones) is 1. The maximum atomic E-state index is 15.0. The molecule has 0 bridgehead atoms. The summed E-state index contributed by atoms with van der Waals surface area (Å²) in [5.41, 5.74) is 8.45. The Labute approximate surface area is 224 Å². The Balaban J connectivity index is 1.55. The second-order valence-corrected chi connectivity index (χ2v) is 10.7. The number of rotatable bonds is 7. The average molecular weight is 535 g/mol. The lowest BCUT2D eigenvalue weighted by atomic mass is 9.81. The lowest BCUT2D eigenvalue weighted by Crippen LogP contribution is -2.44. The summed E-state index contributed by atoms with van der Waals surface area (Å²) < 4.78 is 21.8. The van der Waals surface area contributed by atoms with Crippen LogP contribution in [0.2, 0.25) is 0 Å². The summed E-state index contributed by atoms with van der Waals surface area (Å²) in [6.07, 6.45) is 2.36. The van der Waals surface area contributed by atoms with Gasteiger partial charge in [-0.1, -0.05) is 6.92 Å². The topological polar surface area (TPSA) is 137 Å². The number of fused-ring (bicyclic) bond motifs is 5. The maximum Gasteiger partial charge on any atom is 0.343 e. The number of nitrogens with zero attached hydrogens (tertiary/aromatic N) is 2. The first-order valence-electron chi connectivity index (χ1n) is 13.5. The van der Waals surface area contributed by atoms with E-state index < -0.39 is 11.6 Å². The molecule has 10 heteroatoms. The van der Waals surface area contributed by atoms with Gasteiger partial charge in [0.2, 0.25) is 0 Å². The Morgan fingerprint density at radius 2 is 2.10 bits per heavy atom. The highest BCUT2D eigenvalue weighted by Crippen LogP contribution is 2.45. The first-order valence-corrected chi connectivity index (χ1v) is 13.5. The van der Waals surface area contributed by atoms with Crippen molar-refractivity contribution in [3.8, 4) is 11.4 Å². The van der Waals surface area contributed by atoms with Crippen LogP contribution in [0.25, 0.3) is 22.3 Å². The number of aromatic nitrogens is 2. The van der Waals surface area contributed by atoms with Gasteiger partial charge in [-0.2, -0.15) is 0 Å². The van der Waals surface area contributed by atoms with Crippen molar-refractivity contribution in [2.24, 2.45) is 5.73 Å². The Bertz CT molecular complexity index is 1630. The van der Waals surface area contributed by atoms with E-state index in [9.17, 15) is 23.9 Å². The molecule has 2 atom stereocenters. The molecule has 6 rings (SSSR count). The molecular weight excluding hydrogens is 503 g/mol. The molecule has 3 aliphatic rings. The first-order chi connectivity index (χ1) is 18.7. The summed E-state index contributed by atoms with van der Waals surface area (Å²) in [5, 5.41) is 15.4. The number of nitrogens with two attached hydrogens (primary N) is 1. The molecule has 4 N–H and O–H groups in total. The van der Waals surface area contributed by atoms with E-state index in [4.69, 9.17) is 15.5 Å². The number of ketones is 1. The van der Waals surface area contributed by atoms with Crippen LogP contribution in [-0.4, -0.2) is 39.5 Å². The quantitative estimate of drug-likeness (QED) is 0.308. The van der Waals surface area contributed by atoms with Crippen LogP contribution >= 0.6 is 0 Å². The Kier molecular flexibility index (Phi) is 6.16. The number of ether oxygens (including phenoxy) is 1. The molecule has 2 aliphatic heterocycles. The highest BCUT2D eigenvalue weighted by Gasteiger charge is 2.46. The summed E-state index contributed by atoms with van der Waals surface area (Å²) in [7, 11) is 0. The van der Waals surface area contributed by atoms with Crippen LogP contribution in [-0.2, 0) is 39.5 Å². The van der Waals surface area contributed by atoms with Crippen molar-refractivity contribution >= 4 is 22.7 Å². The molecule has 1 aliphatic carbocycles. The number of carbonyl (C=O) groups excluding carboxylic acids is 2. The number of aliphatic hydroxyl groups is 1. The number of Topliss-reactive ketones (excluding diaryl/α,β-unsaturated/α-hetero) is 1. The van der Waals surface area contributed by atoms with E-state index in [0.29, 0.717) is 54.7 Å². The van der Waals surface area contributed by atoms with Gasteiger partial charge in [0.15, 0.2) is 5.60 Å². The summed E-state index contributed by atoms with van der Waals surface area (Å²) >= 11 is 0. The van der Waals surface area contributed by atoms with Crippen molar-refractivity contribution < 1.29 is 23.8 Å². The number of hydrogen-bond donors (Lipinski definition) is 3. The largest absolute Gasteiger partial charge is 0.458 e. The number of halogens is 1. The van der Waals surface area contributed by atoms with Gasteiger partial charge in [0.25, 0.3) is 5.56 Å². The summed E-state index contributed by atoms with van der Waals surface area (Å²) in [6, 6.07) is 2.89. The molecule has 204 valence electrons. The zero-order valence-electron chi connectivity index (χ0n) is 22.0. The fraction of sp³-hybridized carbons (Fsp3) is 0.448. The van der Waals surface area contributed by atoms with E-state index in [1.807, 2.05) is 0 Å². The minimum absolute atomic E-state index is 0.0447. The molecule has 1 aromatic carbocycles. The number of pyridine rings is 2. The van der Waals surface area contributed by atoms with Gasteiger partial charge in [-0.25, -0.2) is 14.2 Å². The molecule has 3 aromatic rings. The van der Waals surface area contributed by atoms with Gasteiger partial charge in [-0.15, -0.1) is 0 Å². The molecule has 0 amide bonds. The van der Waals surface area contributed by atoms with Crippen molar-refractivity contribution in [2.45, 2.75) is 70.7 Å². The van der Waals surface area contributed by atoms with Gasteiger partial charge in [0, 0.05) is 35.0 Å². The van der Waals surface area contributed by atoms with Gasteiger partial charge < -0.3 is 25.5 Å². The van der Waals surface area contributed by atoms with Crippen molar-refractivity contribution in [1.29, 1.82) is 0 Å². The zero-order valence-corrected chi connectivity index (χ0v) is 22.0. The third-order valence-corrected chi connectivity index (χ3v) is 8.58. The molecule has 9 nitrogen and oxygen atoms in total. The second kappa shape index (κ2) is 9.32. The van der Waals surface area contributed by atoms with E-state index in [1.54, 1.807) is 24.5 Å². The monoisotopic (exact) mass is 534 g/mol. The van der Waals surface area contributed by atoms with Crippen LogP contribution in [0, 0.1) is 12.7 Å². The van der Waals surface area contributed by atoms with Crippen LogP contribution in [0.4, 0.5) is 4.39 Å². The molecule has 0 unspecified atom stereocenters. The lowest BCUT2D eigenvalue weighted by Gasteiger charge is -2.31. The van der Waals surface area contributed by atoms with Crippen LogP contribution in [0.1, 0.15) is 72.0 Å². The molecule has 0 spiro atoms. The van der Waals surface area contributed by atoms with E-state index in [2.05, 4.69) is 5.32 Å². The second-order valence-electron chi connectivity index (χ2n) is 10.7. The van der Waals surface area contributed by atoms with Gasteiger partial charge in [-0.05, 0) is 61.9 Å². The Morgan fingerprint density at radius 3 is 2.85 bits per heavy atom. The number of carbonyl (C=O) groups is 2. The van der Waals surface area contributed by atoms with Crippen molar-refractivity contribution in [3.05, 3.63) is 61.7 Å². The SMILES string of the molecule is CC[C@@]1(O)C(=O)OCc2c1cc1n(c2=O)Cc2c-1nc1cc(F)c(C)c3c1c2[C@@H](NCC(=O)CCCN)CC3. The van der Waals surface area contributed by atoms with E-state index in [-0.39, 0.29) is 60.4 Å². The first kappa shape index (κ1) is 25.8. The molecule has 39 heavy (non-hydrogen) atoms. The number of aryl methyl sites for hydroxylation is 1. The third kappa shape index (κ3) is 3.76. The fourth-order valence-corrected chi connectivity index (χ4v) is 6.38. The molecule has 0 saturated carbocycles. The van der Waals surface area contributed by atoms with Gasteiger partial charge in [0.05, 0.1) is 35.6 Å². The number of esters is 1. The predicted molar refractivity (Wildman–Crippen MR) is 142 cm³/mol. The van der Waals surface area contributed by atoms with Gasteiger partial charge in [-0.3, -0.25) is 9.59 Å². The van der Waals surface area contributed by atoms with Gasteiger partial charge >= 0.3 is 5.97 Å². The van der Waals surface area contributed by atoms with Crippen molar-refractivity contribution in [2.75, 3.05) is 13.1 Å². The van der Waals surface area contributed by atoms with Crippen molar-refractivity contribution in [3.63, 3.8) is 0 Å². The molecule has 0 radical (unpaired) electrons. The maximum absolute atomic E-state index is 15.0. The number of benzene rings is 1. The van der Waals surface area contributed by atoms with Crippen LogP contribution < -0.4 is 16.6 Å². The summed E-state index contributed by atoms with van der Waals surface area (Å²) in [5.74, 6) is -1.06. The van der Waals surface area contributed by atoms with Crippen LogP contribution in [0.3, 0.4) is 0 Å².